The number of benzene rings is 3. The Labute approximate surface area is 212 Å². The zero-order chi connectivity index (χ0) is 22.6. The van der Waals surface area contributed by atoms with Gasteiger partial charge in [-0.25, -0.2) is 4.98 Å². The van der Waals surface area contributed by atoms with E-state index in [1.807, 2.05) is 30.3 Å². The normalized spacial score (nSPS) is 19.9. The largest absolute Gasteiger partial charge is 0.510 e. The maximum Gasteiger partial charge on any atom is 0.217 e. The predicted octanol–water partition coefficient (Wildman–Crippen LogP) is 6.10. The minimum absolute atomic E-state index is 0. The second-order valence-corrected chi connectivity index (χ2v) is 9.24. The third kappa shape index (κ3) is 3.88. The molecule has 0 saturated heterocycles. The summed E-state index contributed by atoms with van der Waals surface area (Å²) >= 11 is 0. The number of aromatic hydroxyl groups is 1. The molecule has 4 aromatic rings. The molecule has 0 radical (unpaired) electrons. The number of hydrogen-bond donors (Lipinski definition) is 1. The van der Waals surface area contributed by atoms with Crippen LogP contribution in [-0.4, -0.2) is 22.0 Å². The van der Waals surface area contributed by atoms with Crippen molar-refractivity contribution in [1.82, 2.24) is 4.98 Å². The van der Waals surface area contributed by atoms with Crippen molar-refractivity contribution in [3.05, 3.63) is 95.6 Å². The van der Waals surface area contributed by atoms with Crippen molar-refractivity contribution in [3.8, 4) is 17.4 Å². The first kappa shape index (κ1) is 22.6. The molecule has 1 aromatic heterocycles. The van der Waals surface area contributed by atoms with Gasteiger partial charge in [-0.15, -0.1) is 18.2 Å². The van der Waals surface area contributed by atoms with Crippen LogP contribution in [0.1, 0.15) is 43.1 Å². The number of ether oxygens (including phenoxy) is 2. The van der Waals surface area contributed by atoms with E-state index < -0.39 is 0 Å². The minimum atomic E-state index is -0.0765. The molecule has 2 atom stereocenters. The fourth-order valence-corrected chi connectivity index (χ4v) is 4.91. The van der Waals surface area contributed by atoms with Crippen molar-refractivity contribution >= 4 is 16.8 Å². The van der Waals surface area contributed by atoms with Crippen molar-refractivity contribution < 1.29 is 35.6 Å². The SMILES string of the molecule is CC1(C)C[C@@H]2N=C(c3[c-]c(Oc4ccc5cccc(O)c5n4)ccc3)O[C@@H]2c2ccccc21.[Pt]. The summed E-state index contributed by atoms with van der Waals surface area (Å²) in [6, 6.07) is 26.4. The Hall–Kier alpha value is -3.17. The van der Waals surface area contributed by atoms with E-state index in [1.54, 1.807) is 18.2 Å². The molecule has 2 heterocycles. The van der Waals surface area contributed by atoms with Gasteiger partial charge in [-0.3, -0.25) is 4.99 Å². The molecule has 2 aliphatic rings. The molecular formula is C28H23N2O3Pt-. The second-order valence-electron chi connectivity index (χ2n) is 9.24. The minimum Gasteiger partial charge on any atom is -0.510 e. The van der Waals surface area contributed by atoms with Gasteiger partial charge in [0.15, 0.2) is 0 Å². The van der Waals surface area contributed by atoms with Gasteiger partial charge >= 0.3 is 0 Å². The Morgan fingerprint density at radius 1 is 1.00 bits per heavy atom. The van der Waals surface area contributed by atoms with Crippen LogP contribution in [0.4, 0.5) is 0 Å². The summed E-state index contributed by atoms with van der Waals surface area (Å²) in [6.07, 6.45) is 0.853. The predicted molar refractivity (Wildman–Crippen MR) is 127 cm³/mol. The number of nitrogens with zero attached hydrogens (tertiary/aromatic N) is 2. The number of para-hydroxylation sites is 1. The van der Waals surface area contributed by atoms with Crippen LogP contribution in [0.2, 0.25) is 0 Å². The summed E-state index contributed by atoms with van der Waals surface area (Å²) in [7, 11) is 0. The van der Waals surface area contributed by atoms with E-state index in [4.69, 9.17) is 14.5 Å². The molecule has 6 heteroatoms. The van der Waals surface area contributed by atoms with E-state index in [0.29, 0.717) is 23.0 Å². The Kier molecular flexibility index (Phi) is 5.69. The van der Waals surface area contributed by atoms with E-state index in [9.17, 15) is 5.11 Å². The fourth-order valence-electron chi connectivity index (χ4n) is 4.91. The van der Waals surface area contributed by atoms with Crippen LogP contribution in [0.25, 0.3) is 10.9 Å². The molecule has 0 bridgehead atoms. The number of fused-ring (bicyclic) bond motifs is 4. The molecule has 0 amide bonds. The van der Waals surface area contributed by atoms with E-state index in [2.05, 4.69) is 49.2 Å². The van der Waals surface area contributed by atoms with E-state index in [1.165, 1.54) is 11.1 Å². The van der Waals surface area contributed by atoms with E-state index in [0.717, 1.165) is 17.4 Å². The van der Waals surface area contributed by atoms with Crippen molar-refractivity contribution in [2.45, 2.75) is 37.8 Å². The van der Waals surface area contributed by atoms with Gasteiger partial charge in [0.25, 0.3) is 0 Å². The first-order valence-corrected chi connectivity index (χ1v) is 11.1. The van der Waals surface area contributed by atoms with Crippen molar-refractivity contribution in [2.24, 2.45) is 4.99 Å². The number of pyridine rings is 1. The average molecular weight is 631 g/mol. The monoisotopic (exact) mass is 630 g/mol. The summed E-state index contributed by atoms with van der Waals surface area (Å²) in [5.74, 6) is 1.61. The smallest absolute Gasteiger partial charge is 0.217 e. The Morgan fingerprint density at radius 3 is 2.71 bits per heavy atom. The molecule has 0 fully saturated rings. The molecule has 1 N–H and O–H groups in total. The van der Waals surface area contributed by atoms with Crippen LogP contribution in [0, 0.1) is 6.07 Å². The molecule has 174 valence electrons. The zero-order valence-corrected chi connectivity index (χ0v) is 21.0. The van der Waals surface area contributed by atoms with Gasteiger partial charge < -0.3 is 14.6 Å². The molecule has 0 unspecified atom stereocenters. The van der Waals surface area contributed by atoms with Crippen LogP contribution in [0.5, 0.6) is 17.4 Å². The Morgan fingerprint density at radius 2 is 1.82 bits per heavy atom. The zero-order valence-electron chi connectivity index (χ0n) is 18.8. The van der Waals surface area contributed by atoms with Crippen molar-refractivity contribution in [3.63, 3.8) is 0 Å². The van der Waals surface area contributed by atoms with Crippen LogP contribution >= 0.6 is 0 Å². The summed E-state index contributed by atoms with van der Waals surface area (Å²) in [5.41, 5.74) is 3.84. The summed E-state index contributed by atoms with van der Waals surface area (Å²) < 4.78 is 12.3. The third-order valence-corrected chi connectivity index (χ3v) is 6.47. The molecular weight excluding hydrogens is 607 g/mol. The first-order chi connectivity index (χ1) is 16.0. The van der Waals surface area contributed by atoms with Crippen LogP contribution in [-0.2, 0) is 31.2 Å². The molecule has 0 spiro atoms. The molecule has 5 nitrogen and oxygen atoms in total. The maximum absolute atomic E-state index is 10.1. The summed E-state index contributed by atoms with van der Waals surface area (Å²) in [4.78, 5) is 9.38. The summed E-state index contributed by atoms with van der Waals surface area (Å²) in [6.45, 7) is 4.54. The summed E-state index contributed by atoms with van der Waals surface area (Å²) in [5, 5.41) is 10.9. The van der Waals surface area contributed by atoms with Gasteiger partial charge in [0, 0.05) is 38.3 Å². The van der Waals surface area contributed by atoms with Crippen LogP contribution < -0.4 is 4.74 Å². The molecule has 1 aliphatic heterocycles. The van der Waals surface area contributed by atoms with Crippen molar-refractivity contribution in [2.75, 3.05) is 0 Å². The third-order valence-electron chi connectivity index (χ3n) is 6.47. The van der Waals surface area contributed by atoms with Gasteiger partial charge in [-0.2, -0.15) is 0 Å². The topological polar surface area (TPSA) is 63.9 Å². The molecule has 34 heavy (non-hydrogen) atoms. The number of phenols is 1. The Balaban J connectivity index is 0.00000241. The van der Waals surface area contributed by atoms with E-state index in [-0.39, 0.29) is 44.4 Å². The van der Waals surface area contributed by atoms with Gasteiger partial charge in [0.2, 0.25) is 5.88 Å². The van der Waals surface area contributed by atoms with Crippen molar-refractivity contribution in [1.29, 1.82) is 0 Å². The molecule has 1 aliphatic carbocycles. The maximum atomic E-state index is 10.1. The number of phenolic OH excluding ortho intramolecular Hbond substituents is 1. The second kappa shape index (κ2) is 8.56. The molecule has 3 aromatic carbocycles. The number of hydrogen-bond acceptors (Lipinski definition) is 5. The molecule has 6 rings (SSSR count). The van der Waals surface area contributed by atoms with Gasteiger partial charge in [-0.1, -0.05) is 61.9 Å². The van der Waals surface area contributed by atoms with Crippen LogP contribution in [0.3, 0.4) is 0 Å². The van der Waals surface area contributed by atoms with Crippen LogP contribution in [0.15, 0.2) is 77.8 Å². The fraction of sp³-hybridized carbons (Fsp3) is 0.214. The number of rotatable bonds is 3. The number of aliphatic imine (C=N–C) groups is 1. The van der Waals surface area contributed by atoms with Gasteiger partial charge in [-0.05, 0) is 35.1 Å². The number of aromatic nitrogens is 1. The average Bonchev–Trinajstić information content (AvgIpc) is 3.23. The Bertz CT molecular complexity index is 1420. The van der Waals surface area contributed by atoms with E-state index >= 15 is 0 Å². The van der Waals surface area contributed by atoms with Gasteiger partial charge in [0.05, 0.1) is 6.04 Å². The van der Waals surface area contributed by atoms with Gasteiger partial charge in [0.1, 0.15) is 23.3 Å². The quantitative estimate of drug-likeness (QED) is 0.278. The first-order valence-electron chi connectivity index (χ1n) is 11.1. The standard InChI is InChI=1S/C28H23N2O3.Pt/c1-28(2)16-22-26(20-10-3-4-11-21(20)28)33-27(29-22)18-8-5-9-19(15-18)32-24-14-13-17-7-6-12-23(31)25(17)30-24;/h3-14,22,26,31H,16H2,1-2H3;/q-1;/t22-,26+;/m0./s1. The molecule has 0 saturated carbocycles.